The van der Waals surface area contributed by atoms with Crippen LogP contribution < -0.4 is 10.5 Å². The van der Waals surface area contributed by atoms with Gasteiger partial charge in [-0.05, 0) is 49.8 Å². The average Bonchev–Trinajstić information content (AvgIpc) is 3.09. The molecule has 2 unspecified atom stereocenters. The molecule has 0 bridgehead atoms. The van der Waals surface area contributed by atoms with Crippen LogP contribution in [0.1, 0.15) is 36.2 Å². The Morgan fingerprint density at radius 2 is 2.07 bits per heavy atom. The Hall–Kier alpha value is -3.03. The number of H-pyrrole nitrogens is 1. The molecular weight excluding hydrogens is 384 g/mol. The van der Waals surface area contributed by atoms with Crippen LogP contribution in [-0.2, 0) is 9.59 Å². The molecule has 2 aromatic rings. The lowest BCUT2D eigenvalue weighted by atomic mass is 9.92. The van der Waals surface area contributed by atoms with E-state index in [1.165, 1.54) is 0 Å². The van der Waals surface area contributed by atoms with Gasteiger partial charge in [-0.15, -0.1) is 0 Å². The Morgan fingerprint density at radius 1 is 1.23 bits per heavy atom. The third-order valence-corrected chi connectivity index (χ3v) is 7.12. The topological polar surface area (TPSA) is 109 Å². The second-order valence-corrected chi connectivity index (χ2v) is 8.75. The van der Waals surface area contributed by atoms with Crippen LogP contribution in [0.4, 0.5) is 0 Å². The Balaban J connectivity index is 1.29. The number of primary amides is 1. The van der Waals surface area contributed by atoms with Crippen LogP contribution in [0.5, 0.6) is 5.75 Å². The van der Waals surface area contributed by atoms with Gasteiger partial charge in [-0.2, -0.15) is 0 Å². The van der Waals surface area contributed by atoms with Crippen molar-refractivity contribution in [1.82, 2.24) is 14.8 Å². The molecule has 8 nitrogen and oxygen atoms in total. The Bertz CT molecular complexity index is 1050. The van der Waals surface area contributed by atoms with Gasteiger partial charge < -0.3 is 25.3 Å². The van der Waals surface area contributed by atoms with E-state index >= 15 is 0 Å². The van der Waals surface area contributed by atoms with Crippen molar-refractivity contribution in [3.63, 3.8) is 0 Å². The summed E-state index contributed by atoms with van der Waals surface area (Å²) in [5.74, 6) is 0.477. The zero-order chi connectivity index (χ0) is 21.0. The molecule has 1 aromatic carbocycles. The fourth-order valence-corrected chi connectivity index (χ4v) is 5.28. The monoisotopic (exact) mass is 410 g/mol. The van der Waals surface area contributed by atoms with Crippen LogP contribution in [0.25, 0.3) is 10.9 Å². The first kappa shape index (κ1) is 19.0. The predicted octanol–water partition coefficient (Wildman–Crippen LogP) is 1.50. The van der Waals surface area contributed by atoms with Crippen molar-refractivity contribution in [2.45, 2.75) is 31.7 Å². The fourth-order valence-electron chi connectivity index (χ4n) is 5.28. The molecule has 3 aliphatic rings. The zero-order valence-corrected chi connectivity index (χ0v) is 17.0. The normalized spacial score (nSPS) is 27.8. The van der Waals surface area contributed by atoms with Gasteiger partial charge >= 0.3 is 0 Å². The number of amides is 3. The SMILES string of the molecule is COc1ccc2cc(C(=O)N3CCC4(C(=O)N5CCC[C@@H]5C(N)=O)CC4C3)[nH]c2c1. The molecule has 1 aliphatic carbocycles. The second-order valence-electron chi connectivity index (χ2n) is 8.75. The molecule has 3 fully saturated rings. The molecule has 0 radical (unpaired) electrons. The summed E-state index contributed by atoms with van der Waals surface area (Å²) in [6.45, 7) is 1.70. The van der Waals surface area contributed by atoms with Crippen molar-refractivity contribution in [2.24, 2.45) is 17.1 Å². The molecule has 5 rings (SSSR count). The number of nitrogens with zero attached hydrogens (tertiary/aromatic N) is 2. The summed E-state index contributed by atoms with van der Waals surface area (Å²) in [6, 6.07) is 7.05. The maximum Gasteiger partial charge on any atom is 0.270 e. The van der Waals surface area contributed by atoms with E-state index in [1.54, 1.807) is 12.0 Å². The van der Waals surface area contributed by atoms with E-state index in [0.717, 1.165) is 29.5 Å². The lowest BCUT2D eigenvalue weighted by molar-refractivity contribution is -0.143. The molecule has 3 heterocycles. The van der Waals surface area contributed by atoms with Crippen LogP contribution >= 0.6 is 0 Å². The van der Waals surface area contributed by atoms with Crippen molar-refractivity contribution in [1.29, 1.82) is 0 Å². The van der Waals surface area contributed by atoms with Crippen LogP contribution in [-0.4, -0.2) is 65.3 Å². The number of piperidine rings is 1. The number of benzene rings is 1. The average molecular weight is 410 g/mol. The number of nitrogens with one attached hydrogen (secondary N) is 1. The van der Waals surface area contributed by atoms with Crippen LogP contribution in [0.15, 0.2) is 24.3 Å². The molecule has 1 saturated carbocycles. The highest BCUT2D eigenvalue weighted by molar-refractivity contribution is 5.99. The Morgan fingerprint density at radius 3 is 2.80 bits per heavy atom. The minimum atomic E-state index is -0.476. The largest absolute Gasteiger partial charge is 0.497 e. The molecular formula is C22H26N4O4. The number of nitrogens with two attached hydrogens (primary N) is 1. The summed E-state index contributed by atoms with van der Waals surface area (Å²) in [4.78, 5) is 44.7. The zero-order valence-electron chi connectivity index (χ0n) is 17.0. The van der Waals surface area contributed by atoms with Gasteiger partial charge in [0.2, 0.25) is 11.8 Å². The lowest BCUT2D eigenvalue weighted by Crippen LogP contribution is -2.50. The minimum Gasteiger partial charge on any atom is -0.497 e. The number of methoxy groups -OCH3 is 1. The molecule has 2 aliphatic heterocycles. The molecule has 0 spiro atoms. The van der Waals surface area contributed by atoms with Gasteiger partial charge in [0.25, 0.3) is 5.91 Å². The predicted molar refractivity (Wildman–Crippen MR) is 110 cm³/mol. The van der Waals surface area contributed by atoms with Crippen molar-refractivity contribution >= 4 is 28.6 Å². The second kappa shape index (κ2) is 6.75. The molecule has 3 atom stereocenters. The molecule has 158 valence electrons. The number of aromatic nitrogens is 1. The van der Waals surface area contributed by atoms with E-state index in [4.69, 9.17) is 10.5 Å². The highest BCUT2D eigenvalue weighted by Gasteiger charge is 2.64. The first-order valence-electron chi connectivity index (χ1n) is 10.5. The first-order valence-corrected chi connectivity index (χ1v) is 10.5. The highest BCUT2D eigenvalue weighted by atomic mass is 16.5. The fraction of sp³-hybridized carbons (Fsp3) is 0.500. The number of likely N-dealkylation sites (tertiary alicyclic amines) is 2. The van der Waals surface area contributed by atoms with Crippen LogP contribution in [0, 0.1) is 11.3 Å². The van der Waals surface area contributed by atoms with Gasteiger partial charge in [0.1, 0.15) is 17.5 Å². The Labute approximate surface area is 174 Å². The third-order valence-electron chi connectivity index (χ3n) is 7.12. The summed E-state index contributed by atoms with van der Waals surface area (Å²) in [6.07, 6.45) is 2.88. The number of hydrogen-bond acceptors (Lipinski definition) is 4. The van der Waals surface area contributed by atoms with E-state index in [0.29, 0.717) is 38.2 Å². The van der Waals surface area contributed by atoms with E-state index in [1.807, 2.05) is 29.2 Å². The van der Waals surface area contributed by atoms with Crippen LogP contribution in [0.2, 0.25) is 0 Å². The number of fused-ring (bicyclic) bond motifs is 2. The quantitative estimate of drug-likeness (QED) is 0.796. The molecule has 30 heavy (non-hydrogen) atoms. The van der Waals surface area contributed by atoms with Gasteiger partial charge in [-0.3, -0.25) is 14.4 Å². The number of aromatic amines is 1. The maximum absolute atomic E-state index is 13.2. The van der Waals surface area contributed by atoms with Gasteiger partial charge in [0.05, 0.1) is 12.5 Å². The number of carbonyl (C=O) groups is 3. The molecule has 2 saturated heterocycles. The highest BCUT2D eigenvalue weighted by Crippen LogP contribution is 2.59. The molecule has 3 N–H and O–H groups in total. The third kappa shape index (κ3) is 2.85. The molecule has 3 amide bonds. The van der Waals surface area contributed by atoms with Crippen molar-refractivity contribution in [2.75, 3.05) is 26.7 Å². The van der Waals surface area contributed by atoms with Gasteiger partial charge in [-0.1, -0.05) is 0 Å². The summed E-state index contributed by atoms with van der Waals surface area (Å²) in [5.41, 5.74) is 6.48. The van der Waals surface area contributed by atoms with Crippen molar-refractivity contribution < 1.29 is 19.1 Å². The standard InChI is InChI=1S/C22H26N4O4/c1-30-15-5-4-13-9-17(24-16(13)10-15)20(28)25-8-6-22(11-14(22)12-25)21(29)26-7-2-3-18(26)19(23)27/h4-5,9-10,14,18,24H,2-3,6-8,11-12H2,1H3,(H2,23,27)/t14?,18-,22?/m1/s1. The lowest BCUT2D eigenvalue weighted by Gasteiger charge is -2.34. The van der Waals surface area contributed by atoms with Gasteiger partial charge in [0, 0.05) is 36.6 Å². The minimum absolute atomic E-state index is 0.0469. The summed E-state index contributed by atoms with van der Waals surface area (Å²) in [5, 5.41) is 0.957. The smallest absolute Gasteiger partial charge is 0.270 e. The van der Waals surface area contributed by atoms with E-state index in [2.05, 4.69) is 4.98 Å². The van der Waals surface area contributed by atoms with Gasteiger partial charge in [-0.25, -0.2) is 0 Å². The summed E-state index contributed by atoms with van der Waals surface area (Å²) >= 11 is 0. The molecule has 1 aromatic heterocycles. The summed E-state index contributed by atoms with van der Waals surface area (Å²) in [7, 11) is 1.61. The number of ether oxygens (including phenoxy) is 1. The molecule has 8 heteroatoms. The van der Waals surface area contributed by atoms with E-state index < -0.39 is 17.4 Å². The van der Waals surface area contributed by atoms with Gasteiger partial charge in [0.15, 0.2) is 0 Å². The Kier molecular flexibility index (Phi) is 4.27. The number of carbonyl (C=O) groups excluding carboxylic acids is 3. The van der Waals surface area contributed by atoms with Crippen molar-refractivity contribution in [3.8, 4) is 5.75 Å². The summed E-state index contributed by atoms with van der Waals surface area (Å²) < 4.78 is 5.25. The number of rotatable bonds is 4. The maximum atomic E-state index is 13.2. The van der Waals surface area contributed by atoms with E-state index in [-0.39, 0.29) is 17.7 Å². The first-order chi connectivity index (χ1) is 14.4. The van der Waals surface area contributed by atoms with E-state index in [9.17, 15) is 14.4 Å². The number of hydrogen-bond donors (Lipinski definition) is 2. The van der Waals surface area contributed by atoms with Crippen molar-refractivity contribution in [3.05, 3.63) is 30.0 Å². The van der Waals surface area contributed by atoms with Crippen LogP contribution in [0.3, 0.4) is 0 Å².